The van der Waals surface area contributed by atoms with Crippen molar-refractivity contribution >= 4 is 23.2 Å². The predicted octanol–water partition coefficient (Wildman–Crippen LogP) is 2.29. The predicted molar refractivity (Wildman–Crippen MR) is 65.9 cm³/mol. The maximum atomic E-state index is 11.7. The van der Waals surface area contributed by atoms with E-state index in [0.29, 0.717) is 0 Å². The number of amides is 1. The van der Waals surface area contributed by atoms with Gasteiger partial charge in [-0.1, -0.05) is 17.7 Å². The van der Waals surface area contributed by atoms with Crippen molar-refractivity contribution in [3.8, 4) is 0 Å². The van der Waals surface area contributed by atoms with Crippen LogP contribution in [-0.4, -0.2) is 30.4 Å². The molecule has 0 bridgehead atoms. The Labute approximate surface area is 100 Å². The van der Waals surface area contributed by atoms with Gasteiger partial charge in [-0.3, -0.25) is 4.79 Å². The highest BCUT2D eigenvalue weighted by Gasteiger charge is 2.28. The molecule has 16 heavy (non-hydrogen) atoms. The number of hydrogen-bond donors (Lipinski definition) is 1. The van der Waals surface area contributed by atoms with Crippen molar-refractivity contribution in [2.45, 2.75) is 19.4 Å². The van der Waals surface area contributed by atoms with E-state index < -0.39 is 0 Å². The van der Waals surface area contributed by atoms with Crippen LogP contribution < -0.4 is 5.32 Å². The van der Waals surface area contributed by atoms with Crippen LogP contribution in [0.4, 0.5) is 5.69 Å². The van der Waals surface area contributed by atoms with E-state index >= 15 is 0 Å². The van der Waals surface area contributed by atoms with Crippen LogP contribution in [0.25, 0.3) is 0 Å². The number of carbonyl (C=O) groups is 1. The average molecular weight is 239 g/mol. The lowest BCUT2D eigenvalue weighted by molar-refractivity contribution is -0.127. The molecule has 1 saturated heterocycles. The second-order valence-corrected chi connectivity index (χ2v) is 4.62. The van der Waals surface area contributed by atoms with Crippen molar-refractivity contribution in [2.24, 2.45) is 0 Å². The van der Waals surface area contributed by atoms with Gasteiger partial charge >= 0.3 is 0 Å². The minimum atomic E-state index is -0.108. The number of halogens is 1. The van der Waals surface area contributed by atoms with Gasteiger partial charge < -0.3 is 10.2 Å². The molecule has 2 rings (SSSR count). The fraction of sp³-hybridized carbons (Fsp3) is 0.417. The second kappa shape index (κ2) is 4.34. The molecule has 1 amide bonds. The van der Waals surface area contributed by atoms with Gasteiger partial charge in [-0.05, 0) is 31.0 Å². The third-order valence-electron chi connectivity index (χ3n) is 2.94. The maximum absolute atomic E-state index is 11.7. The molecule has 4 heteroatoms. The van der Waals surface area contributed by atoms with E-state index in [1.807, 2.05) is 32.2 Å². The minimum Gasteiger partial charge on any atom is -0.374 e. The Bertz CT molecular complexity index is 419. The highest BCUT2D eigenvalue weighted by Crippen LogP contribution is 2.22. The summed E-state index contributed by atoms with van der Waals surface area (Å²) >= 11 is 6.03. The van der Waals surface area contributed by atoms with E-state index in [0.717, 1.165) is 29.2 Å². The third kappa shape index (κ3) is 2.14. The largest absolute Gasteiger partial charge is 0.374 e. The number of anilines is 1. The molecule has 1 aliphatic rings. The quantitative estimate of drug-likeness (QED) is 0.858. The molecule has 1 aromatic rings. The zero-order valence-corrected chi connectivity index (χ0v) is 10.2. The first kappa shape index (κ1) is 11.3. The van der Waals surface area contributed by atoms with E-state index in [1.165, 1.54) is 0 Å². The molecule has 1 heterocycles. The molecule has 1 N–H and O–H groups in total. The summed E-state index contributed by atoms with van der Waals surface area (Å²) < 4.78 is 0. The Balaban J connectivity index is 2.10. The molecule has 0 saturated carbocycles. The summed E-state index contributed by atoms with van der Waals surface area (Å²) in [7, 11) is 1.83. The molecule has 0 radical (unpaired) electrons. The average Bonchev–Trinajstić information content (AvgIpc) is 2.55. The van der Waals surface area contributed by atoms with E-state index in [4.69, 9.17) is 11.6 Å². The van der Waals surface area contributed by atoms with Crippen LogP contribution >= 0.6 is 11.6 Å². The summed E-state index contributed by atoms with van der Waals surface area (Å²) in [5, 5.41) is 3.94. The van der Waals surface area contributed by atoms with Gasteiger partial charge in [0.1, 0.15) is 6.04 Å². The molecular weight excluding hydrogens is 224 g/mol. The van der Waals surface area contributed by atoms with Gasteiger partial charge in [0.05, 0.1) is 0 Å². The van der Waals surface area contributed by atoms with Crippen molar-refractivity contribution < 1.29 is 4.79 Å². The van der Waals surface area contributed by atoms with Crippen molar-refractivity contribution in [3.63, 3.8) is 0 Å². The summed E-state index contributed by atoms with van der Waals surface area (Å²) in [6, 6.07) is 5.66. The van der Waals surface area contributed by atoms with E-state index in [9.17, 15) is 4.79 Å². The Morgan fingerprint density at radius 2 is 2.25 bits per heavy atom. The molecule has 3 nitrogen and oxygen atoms in total. The van der Waals surface area contributed by atoms with Crippen molar-refractivity contribution in [1.29, 1.82) is 0 Å². The topological polar surface area (TPSA) is 32.3 Å². The molecule has 1 atom stereocenters. The van der Waals surface area contributed by atoms with Crippen LogP contribution in [0.5, 0.6) is 0 Å². The number of likely N-dealkylation sites (tertiary alicyclic amines) is 1. The van der Waals surface area contributed by atoms with Crippen molar-refractivity contribution in [2.75, 3.05) is 18.9 Å². The van der Waals surface area contributed by atoms with Crippen LogP contribution in [0.3, 0.4) is 0 Å². The SMILES string of the molecule is Cc1ccc(NC2CCN(C)C2=O)cc1Cl. The number of aryl methyl sites for hydroxylation is 1. The lowest BCUT2D eigenvalue weighted by atomic mass is 10.2. The van der Waals surface area contributed by atoms with Crippen molar-refractivity contribution in [3.05, 3.63) is 28.8 Å². The number of rotatable bonds is 2. The van der Waals surface area contributed by atoms with Crippen LogP contribution in [0.15, 0.2) is 18.2 Å². The summed E-state index contributed by atoms with van der Waals surface area (Å²) in [4.78, 5) is 13.4. The monoisotopic (exact) mass is 238 g/mol. The lowest BCUT2D eigenvalue weighted by Gasteiger charge is -2.14. The molecule has 1 fully saturated rings. The van der Waals surface area contributed by atoms with E-state index in [-0.39, 0.29) is 11.9 Å². The number of nitrogens with zero attached hydrogens (tertiary/aromatic N) is 1. The fourth-order valence-corrected chi connectivity index (χ4v) is 2.02. The van der Waals surface area contributed by atoms with E-state index in [1.54, 1.807) is 4.90 Å². The number of likely N-dealkylation sites (N-methyl/N-ethyl adjacent to an activating group) is 1. The number of benzene rings is 1. The Morgan fingerprint density at radius 3 is 2.81 bits per heavy atom. The summed E-state index contributed by atoms with van der Waals surface area (Å²) in [5.41, 5.74) is 1.95. The first-order valence-corrected chi connectivity index (χ1v) is 5.73. The molecular formula is C12H15ClN2O. The lowest BCUT2D eigenvalue weighted by Crippen LogP contribution is -2.30. The Morgan fingerprint density at radius 1 is 1.50 bits per heavy atom. The zero-order chi connectivity index (χ0) is 11.7. The van der Waals surface area contributed by atoms with Crippen LogP contribution in [0, 0.1) is 6.92 Å². The van der Waals surface area contributed by atoms with Gasteiger partial charge in [-0.15, -0.1) is 0 Å². The number of hydrogen-bond acceptors (Lipinski definition) is 2. The highest BCUT2D eigenvalue weighted by molar-refractivity contribution is 6.31. The standard InChI is InChI=1S/C12H15ClN2O/c1-8-3-4-9(7-10(8)13)14-11-5-6-15(2)12(11)16/h3-4,7,11,14H,5-6H2,1-2H3. The zero-order valence-electron chi connectivity index (χ0n) is 9.46. The number of nitrogens with one attached hydrogen (secondary N) is 1. The summed E-state index contributed by atoms with van der Waals surface area (Å²) in [6.07, 6.45) is 0.848. The van der Waals surface area contributed by atoms with E-state index in [2.05, 4.69) is 5.32 Å². The molecule has 1 aliphatic heterocycles. The fourth-order valence-electron chi connectivity index (χ4n) is 1.84. The maximum Gasteiger partial charge on any atom is 0.244 e. The third-order valence-corrected chi connectivity index (χ3v) is 3.35. The van der Waals surface area contributed by atoms with Crippen LogP contribution in [0.2, 0.25) is 5.02 Å². The number of carbonyl (C=O) groups excluding carboxylic acids is 1. The van der Waals surface area contributed by atoms with Gasteiger partial charge in [-0.2, -0.15) is 0 Å². The highest BCUT2D eigenvalue weighted by atomic mass is 35.5. The van der Waals surface area contributed by atoms with Gasteiger partial charge in [0.2, 0.25) is 5.91 Å². The van der Waals surface area contributed by atoms with Crippen molar-refractivity contribution in [1.82, 2.24) is 4.90 Å². The summed E-state index contributed by atoms with van der Waals surface area (Å²) in [6.45, 7) is 2.77. The van der Waals surface area contributed by atoms with Gasteiger partial charge in [0.15, 0.2) is 0 Å². The normalized spacial score (nSPS) is 20.3. The van der Waals surface area contributed by atoms with Crippen LogP contribution in [-0.2, 0) is 4.79 Å². The summed E-state index contributed by atoms with van der Waals surface area (Å²) in [5.74, 6) is 0.150. The Hall–Kier alpha value is -1.22. The molecule has 0 aliphatic carbocycles. The molecule has 0 aromatic heterocycles. The first-order chi connectivity index (χ1) is 7.58. The Kier molecular flexibility index (Phi) is 3.06. The second-order valence-electron chi connectivity index (χ2n) is 4.21. The van der Waals surface area contributed by atoms with Crippen LogP contribution in [0.1, 0.15) is 12.0 Å². The molecule has 1 unspecified atom stereocenters. The van der Waals surface area contributed by atoms with Gasteiger partial charge in [0.25, 0.3) is 0 Å². The smallest absolute Gasteiger partial charge is 0.244 e. The molecule has 86 valence electrons. The first-order valence-electron chi connectivity index (χ1n) is 5.35. The molecule has 1 aromatic carbocycles. The minimum absolute atomic E-state index is 0.108. The van der Waals surface area contributed by atoms with Gasteiger partial charge in [-0.25, -0.2) is 0 Å². The van der Waals surface area contributed by atoms with Gasteiger partial charge in [0, 0.05) is 24.3 Å². The molecule has 0 spiro atoms.